The van der Waals surface area contributed by atoms with E-state index in [-0.39, 0.29) is 30.4 Å². The van der Waals surface area contributed by atoms with Gasteiger partial charge in [0.15, 0.2) is 4.87 Å². The second kappa shape index (κ2) is 8.52. The van der Waals surface area contributed by atoms with E-state index in [1.807, 2.05) is 0 Å². The van der Waals surface area contributed by atoms with E-state index in [1.54, 1.807) is 12.1 Å². The minimum Gasteiger partial charge on any atom is -0.489 e. The van der Waals surface area contributed by atoms with Crippen molar-refractivity contribution in [3.8, 4) is 5.75 Å². The molecule has 1 fully saturated rings. The second-order valence-corrected chi connectivity index (χ2v) is 9.41. The quantitative estimate of drug-likeness (QED) is 0.606. The topological polar surface area (TPSA) is 133 Å². The van der Waals surface area contributed by atoms with Gasteiger partial charge in [-0.15, -0.1) is 0 Å². The molecule has 2 aromatic carbocycles. The molecule has 0 spiro atoms. The van der Waals surface area contributed by atoms with Crippen molar-refractivity contribution < 1.29 is 37.3 Å². The zero-order valence-electron chi connectivity index (χ0n) is 16.5. The Labute approximate surface area is 178 Å². The van der Waals surface area contributed by atoms with Gasteiger partial charge in [0.05, 0.1) is 4.90 Å². The SMILES string of the molecule is CC1(S(=O)(=O)c2ccc(OCc3ccc(F)cc3)cc2)C(C(=O)O)NCCN1C(=O)O. The summed E-state index contributed by atoms with van der Waals surface area (Å²) < 4.78 is 45.3. The number of aliphatic carboxylic acids is 1. The first kappa shape index (κ1) is 22.5. The van der Waals surface area contributed by atoms with Gasteiger partial charge in [-0.3, -0.25) is 15.0 Å². The van der Waals surface area contributed by atoms with E-state index in [1.165, 1.54) is 36.4 Å². The Morgan fingerprint density at radius 2 is 1.77 bits per heavy atom. The first-order valence-corrected chi connectivity index (χ1v) is 10.7. The highest BCUT2D eigenvalue weighted by Crippen LogP contribution is 2.35. The average Bonchev–Trinajstić information content (AvgIpc) is 2.73. The van der Waals surface area contributed by atoms with E-state index in [9.17, 15) is 32.6 Å². The monoisotopic (exact) mass is 452 g/mol. The zero-order chi connectivity index (χ0) is 22.8. The molecule has 1 aliphatic rings. The summed E-state index contributed by atoms with van der Waals surface area (Å²) in [4.78, 5) is 21.6. The standard InChI is InChI=1S/C20H21FN2O7S/c1-20(17(18(24)25)22-10-11-23(20)19(26)27)31(28,29)16-8-6-15(7-9-16)30-12-13-2-4-14(21)5-3-13/h2-9,17,22H,10-12H2,1H3,(H,24,25)(H,26,27). The van der Waals surface area contributed by atoms with Crippen molar-refractivity contribution >= 4 is 21.9 Å². The molecule has 3 N–H and O–H groups in total. The summed E-state index contributed by atoms with van der Waals surface area (Å²) in [5, 5.41) is 21.6. The van der Waals surface area contributed by atoms with Gasteiger partial charge in [0.1, 0.15) is 24.2 Å². The van der Waals surface area contributed by atoms with Gasteiger partial charge in [-0.05, 0) is 48.9 Å². The van der Waals surface area contributed by atoms with E-state index in [2.05, 4.69) is 5.32 Å². The maximum Gasteiger partial charge on any atom is 0.408 e. The number of hydrogen-bond donors (Lipinski definition) is 3. The maximum absolute atomic E-state index is 13.4. The molecule has 9 nitrogen and oxygen atoms in total. The summed E-state index contributed by atoms with van der Waals surface area (Å²) in [6.45, 7) is 1.03. The van der Waals surface area contributed by atoms with Crippen LogP contribution in [0.5, 0.6) is 5.75 Å². The van der Waals surface area contributed by atoms with Gasteiger partial charge in [-0.2, -0.15) is 0 Å². The molecule has 0 radical (unpaired) electrons. The van der Waals surface area contributed by atoms with Crippen LogP contribution in [0.15, 0.2) is 53.4 Å². The van der Waals surface area contributed by atoms with Gasteiger partial charge < -0.3 is 14.9 Å². The van der Waals surface area contributed by atoms with Crippen molar-refractivity contribution in [3.05, 3.63) is 59.9 Å². The van der Waals surface area contributed by atoms with E-state index in [0.29, 0.717) is 16.2 Å². The lowest BCUT2D eigenvalue weighted by Crippen LogP contribution is -2.72. The first-order chi connectivity index (χ1) is 14.6. The summed E-state index contributed by atoms with van der Waals surface area (Å²) in [6.07, 6.45) is -1.53. The lowest BCUT2D eigenvalue weighted by Gasteiger charge is -2.46. The summed E-state index contributed by atoms with van der Waals surface area (Å²) >= 11 is 0. The highest BCUT2D eigenvalue weighted by atomic mass is 32.2. The Hall–Kier alpha value is -3.18. The van der Waals surface area contributed by atoms with Crippen LogP contribution in [-0.2, 0) is 21.2 Å². The van der Waals surface area contributed by atoms with Gasteiger partial charge in [0.25, 0.3) is 0 Å². The molecule has 0 saturated carbocycles. The Bertz CT molecular complexity index is 1050. The summed E-state index contributed by atoms with van der Waals surface area (Å²) in [6, 6.07) is 9.27. The molecule has 0 aromatic heterocycles. The summed E-state index contributed by atoms with van der Waals surface area (Å²) in [5.41, 5.74) is 0.709. The molecular weight excluding hydrogens is 431 g/mol. The molecule has 1 heterocycles. The highest BCUT2D eigenvalue weighted by molar-refractivity contribution is 7.92. The van der Waals surface area contributed by atoms with E-state index in [0.717, 1.165) is 6.92 Å². The molecule has 1 aliphatic heterocycles. The van der Waals surface area contributed by atoms with Gasteiger partial charge in [0.2, 0.25) is 9.84 Å². The van der Waals surface area contributed by atoms with E-state index >= 15 is 0 Å². The predicted octanol–water partition coefficient (Wildman–Crippen LogP) is 1.93. The zero-order valence-corrected chi connectivity index (χ0v) is 17.3. The molecule has 166 valence electrons. The fourth-order valence-corrected chi connectivity index (χ4v) is 5.42. The van der Waals surface area contributed by atoms with Gasteiger partial charge >= 0.3 is 12.1 Å². The lowest BCUT2D eigenvalue weighted by molar-refractivity contribution is -0.142. The largest absolute Gasteiger partial charge is 0.489 e. The Kier molecular flexibility index (Phi) is 6.18. The van der Waals surface area contributed by atoms with Gasteiger partial charge in [-0.1, -0.05) is 12.1 Å². The normalized spacial score (nSPS) is 21.5. The van der Waals surface area contributed by atoms with Crippen LogP contribution in [-0.4, -0.2) is 59.6 Å². The minimum atomic E-state index is -4.43. The Morgan fingerprint density at radius 3 is 2.32 bits per heavy atom. The number of benzene rings is 2. The van der Waals surface area contributed by atoms with E-state index in [4.69, 9.17) is 4.74 Å². The Balaban J connectivity index is 1.88. The average molecular weight is 452 g/mol. The number of carboxylic acid groups (broad SMARTS) is 2. The van der Waals surface area contributed by atoms with Crippen molar-refractivity contribution in [3.63, 3.8) is 0 Å². The molecule has 11 heteroatoms. The van der Waals surface area contributed by atoms with Crippen molar-refractivity contribution in [2.75, 3.05) is 13.1 Å². The smallest absolute Gasteiger partial charge is 0.408 e. The third-order valence-corrected chi connectivity index (χ3v) is 7.67. The van der Waals surface area contributed by atoms with Crippen LogP contribution in [0.25, 0.3) is 0 Å². The molecule has 2 aromatic rings. The number of halogens is 1. The number of ether oxygens (including phenoxy) is 1. The van der Waals surface area contributed by atoms with Crippen molar-refractivity contribution in [2.45, 2.75) is 29.3 Å². The predicted molar refractivity (Wildman–Crippen MR) is 107 cm³/mol. The molecule has 0 aliphatic carbocycles. The Morgan fingerprint density at radius 1 is 1.16 bits per heavy atom. The van der Waals surface area contributed by atoms with E-state index < -0.39 is 32.8 Å². The molecule has 3 rings (SSSR count). The van der Waals surface area contributed by atoms with Crippen LogP contribution in [0, 0.1) is 5.82 Å². The number of nitrogens with zero attached hydrogens (tertiary/aromatic N) is 1. The summed E-state index contributed by atoms with van der Waals surface area (Å²) in [5.74, 6) is -1.52. The van der Waals surface area contributed by atoms with Crippen molar-refractivity contribution in [2.24, 2.45) is 0 Å². The van der Waals surface area contributed by atoms with Crippen LogP contribution in [0.1, 0.15) is 12.5 Å². The molecular formula is C20H21FN2O7S. The summed E-state index contributed by atoms with van der Waals surface area (Å²) in [7, 11) is -4.43. The van der Waals surface area contributed by atoms with Crippen LogP contribution >= 0.6 is 0 Å². The first-order valence-electron chi connectivity index (χ1n) is 9.26. The minimum absolute atomic E-state index is 0.00450. The van der Waals surface area contributed by atoms with Crippen molar-refractivity contribution in [1.29, 1.82) is 0 Å². The van der Waals surface area contributed by atoms with Gasteiger partial charge in [-0.25, -0.2) is 17.6 Å². The fraction of sp³-hybridized carbons (Fsp3) is 0.300. The number of piperazine rings is 1. The van der Waals surface area contributed by atoms with Crippen LogP contribution in [0.4, 0.5) is 9.18 Å². The third kappa shape index (κ3) is 4.19. The number of carboxylic acids is 1. The second-order valence-electron chi connectivity index (χ2n) is 7.10. The molecule has 0 bridgehead atoms. The van der Waals surface area contributed by atoms with Crippen LogP contribution in [0.2, 0.25) is 0 Å². The number of carbonyl (C=O) groups is 2. The number of sulfone groups is 1. The molecule has 31 heavy (non-hydrogen) atoms. The number of hydrogen-bond acceptors (Lipinski definition) is 6. The fourth-order valence-electron chi connectivity index (χ4n) is 3.49. The number of rotatable bonds is 6. The number of nitrogens with one attached hydrogen (secondary N) is 1. The third-order valence-electron chi connectivity index (χ3n) is 5.23. The molecule has 1 amide bonds. The molecule has 1 saturated heterocycles. The molecule has 2 atom stereocenters. The molecule has 2 unspecified atom stereocenters. The van der Waals surface area contributed by atoms with Gasteiger partial charge in [0, 0.05) is 13.1 Å². The van der Waals surface area contributed by atoms with Crippen molar-refractivity contribution in [1.82, 2.24) is 10.2 Å². The number of amides is 1. The highest BCUT2D eigenvalue weighted by Gasteiger charge is 2.58. The maximum atomic E-state index is 13.4. The van der Waals surface area contributed by atoms with Crippen LogP contribution in [0.3, 0.4) is 0 Å². The van der Waals surface area contributed by atoms with Crippen LogP contribution < -0.4 is 10.1 Å². The lowest BCUT2D eigenvalue weighted by atomic mass is 10.1.